The van der Waals surface area contributed by atoms with Gasteiger partial charge in [0.05, 0.1) is 29.3 Å². The van der Waals surface area contributed by atoms with Gasteiger partial charge in [0.25, 0.3) is 5.91 Å². The van der Waals surface area contributed by atoms with Gasteiger partial charge in [-0.2, -0.15) is 0 Å². The Balaban J connectivity index is 1.57. The number of carbonyl (C=O) groups is 4. The number of likely N-dealkylation sites (N-methyl/N-ethyl adjacent to an activating group) is 1. The van der Waals surface area contributed by atoms with Crippen LogP contribution in [0.15, 0.2) is 53.3 Å². The van der Waals surface area contributed by atoms with Crippen LogP contribution in [0, 0.1) is 23.6 Å². The number of phenols is 1. The van der Waals surface area contributed by atoms with E-state index in [9.17, 15) is 44.0 Å². The lowest BCUT2D eigenvalue weighted by Gasteiger charge is -2.50. The Bertz CT molecular complexity index is 1600. The number of aliphatic hydroxyl groups is 3. The van der Waals surface area contributed by atoms with Crippen molar-refractivity contribution in [1.82, 2.24) is 4.90 Å². The number of fused-ring (bicyclic) bond motifs is 3. The third-order valence-corrected chi connectivity index (χ3v) is 8.25. The van der Waals surface area contributed by atoms with E-state index in [-0.39, 0.29) is 22.6 Å². The van der Waals surface area contributed by atoms with Gasteiger partial charge in [-0.05, 0) is 55.9 Å². The molecule has 5 unspecified atom stereocenters. The number of ether oxygens (including phenoxy) is 1. The number of aliphatic hydroxyl groups excluding tert-OH is 3. The lowest BCUT2D eigenvalue weighted by atomic mass is 9.56. The van der Waals surface area contributed by atoms with Gasteiger partial charge in [-0.1, -0.05) is 13.0 Å². The number of halogens is 1. The Labute approximate surface area is 238 Å². The highest BCUT2D eigenvalue weighted by atomic mass is 19.1. The smallest absolute Gasteiger partial charge is 0.417 e. The number of anilines is 1. The zero-order valence-corrected chi connectivity index (χ0v) is 22.7. The van der Waals surface area contributed by atoms with Crippen molar-refractivity contribution in [2.75, 3.05) is 19.4 Å². The number of amides is 2. The molecule has 220 valence electrons. The van der Waals surface area contributed by atoms with Crippen molar-refractivity contribution >= 4 is 35.0 Å². The Kier molecular flexibility index (Phi) is 7.03. The fraction of sp³-hybridized carbons (Fsp3) is 0.310. The molecule has 7 N–H and O–H groups in total. The van der Waals surface area contributed by atoms with Crippen molar-refractivity contribution in [3.63, 3.8) is 0 Å². The normalized spacial score (nSPS) is 26.9. The van der Waals surface area contributed by atoms with E-state index in [0.717, 1.165) is 12.1 Å². The molecule has 1 saturated carbocycles. The lowest BCUT2D eigenvalue weighted by molar-refractivity contribution is -0.143. The molecule has 12 nitrogen and oxygen atoms in total. The zero-order valence-electron chi connectivity index (χ0n) is 22.7. The summed E-state index contributed by atoms with van der Waals surface area (Å²) in [6.45, 7) is 1.65. The van der Waals surface area contributed by atoms with Gasteiger partial charge < -0.3 is 30.9 Å². The number of nitrogens with two attached hydrogens (primary N) is 1. The van der Waals surface area contributed by atoms with Crippen molar-refractivity contribution in [1.29, 1.82) is 0 Å². The molecule has 2 aromatic carbocycles. The lowest BCUT2D eigenvalue weighted by Crippen LogP contribution is -2.61. The minimum atomic E-state index is -1.65. The second kappa shape index (κ2) is 10.3. The van der Waals surface area contributed by atoms with Crippen molar-refractivity contribution < 1.29 is 48.7 Å². The average molecular weight is 582 g/mol. The number of nitrogens with zero attached hydrogens (tertiary/aromatic N) is 1. The summed E-state index contributed by atoms with van der Waals surface area (Å²) >= 11 is 0. The van der Waals surface area contributed by atoms with Crippen LogP contribution in [0.25, 0.3) is 5.76 Å². The Hall–Kier alpha value is -4.75. The molecule has 3 aliphatic carbocycles. The van der Waals surface area contributed by atoms with E-state index in [2.05, 4.69) is 5.32 Å². The summed E-state index contributed by atoms with van der Waals surface area (Å²) in [5.74, 6) is -10.3. The first-order chi connectivity index (χ1) is 19.8. The van der Waals surface area contributed by atoms with Crippen molar-refractivity contribution in [3.8, 4) is 11.5 Å². The topological polar surface area (TPSA) is 200 Å². The largest absolute Gasteiger partial charge is 0.510 e. The van der Waals surface area contributed by atoms with Crippen LogP contribution in [0.2, 0.25) is 0 Å². The molecule has 1 fully saturated rings. The number of aromatic hydroxyl groups is 1. The number of primary amides is 1. The van der Waals surface area contributed by atoms with Crippen LogP contribution in [0.4, 0.5) is 14.9 Å². The van der Waals surface area contributed by atoms with Crippen molar-refractivity contribution in [3.05, 3.63) is 70.2 Å². The average Bonchev–Trinajstić information content (AvgIpc) is 2.91. The molecule has 0 saturated heterocycles. The Morgan fingerprint density at radius 3 is 2.26 bits per heavy atom. The molecule has 13 heteroatoms. The third-order valence-electron chi connectivity index (χ3n) is 8.25. The number of ketones is 2. The van der Waals surface area contributed by atoms with Gasteiger partial charge in [0.1, 0.15) is 34.4 Å². The first kappa shape index (κ1) is 28.8. The number of hydrogen-bond acceptors (Lipinski definition) is 10. The summed E-state index contributed by atoms with van der Waals surface area (Å²) in [5, 5.41) is 47.3. The van der Waals surface area contributed by atoms with Crippen molar-refractivity contribution in [2.45, 2.75) is 25.0 Å². The van der Waals surface area contributed by atoms with Gasteiger partial charge in [-0.3, -0.25) is 24.6 Å². The van der Waals surface area contributed by atoms with Gasteiger partial charge >= 0.3 is 6.09 Å². The molecule has 2 aromatic rings. The number of carbonyl (C=O) groups excluding carboxylic acids is 4. The number of benzene rings is 2. The first-order valence-electron chi connectivity index (χ1n) is 13.0. The van der Waals surface area contributed by atoms with Gasteiger partial charge in [0.15, 0.2) is 11.6 Å². The van der Waals surface area contributed by atoms with E-state index < -0.39 is 88.0 Å². The van der Waals surface area contributed by atoms with Gasteiger partial charge in [-0.15, -0.1) is 0 Å². The number of Topliss-reactive ketones (excluding diaryl/α,β-unsaturated/α-hetero) is 2. The van der Waals surface area contributed by atoms with E-state index in [4.69, 9.17) is 10.5 Å². The van der Waals surface area contributed by atoms with Gasteiger partial charge in [0.2, 0.25) is 0 Å². The van der Waals surface area contributed by atoms with Crippen LogP contribution in [0.3, 0.4) is 0 Å². The second-order valence-electron chi connectivity index (χ2n) is 10.8. The summed E-state index contributed by atoms with van der Waals surface area (Å²) in [4.78, 5) is 53.3. The van der Waals surface area contributed by atoms with Crippen LogP contribution in [0.5, 0.6) is 11.5 Å². The number of nitrogens with one attached hydrogen (secondary N) is 1. The molecular formula is C29H28FN3O9. The molecular weight excluding hydrogens is 553 g/mol. The second-order valence-corrected chi connectivity index (χ2v) is 10.8. The maximum atomic E-state index is 13.9. The van der Waals surface area contributed by atoms with Crippen LogP contribution >= 0.6 is 0 Å². The Morgan fingerprint density at radius 2 is 1.67 bits per heavy atom. The first-order valence-corrected chi connectivity index (χ1v) is 13.0. The van der Waals surface area contributed by atoms with E-state index in [0.29, 0.717) is 5.56 Å². The number of rotatable bonds is 4. The summed E-state index contributed by atoms with van der Waals surface area (Å²) in [5.41, 5.74) is 4.22. The summed E-state index contributed by atoms with van der Waals surface area (Å²) < 4.78 is 18.2. The molecule has 2 amide bonds. The predicted molar refractivity (Wildman–Crippen MR) is 145 cm³/mol. The molecule has 0 bridgehead atoms. The molecule has 0 radical (unpaired) electrons. The highest BCUT2D eigenvalue weighted by molar-refractivity contribution is 6.28. The van der Waals surface area contributed by atoms with Gasteiger partial charge in [-0.25, -0.2) is 9.18 Å². The quantitative estimate of drug-likeness (QED) is 0.177. The summed E-state index contributed by atoms with van der Waals surface area (Å²) in [7, 11) is 3.08. The number of phenolic OH excluding ortho intramolecular Hbond substituents is 1. The third kappa shape index (κ3) is 4.28. The maximum absolute atomic E-state index is 13.9. The summed E-state index contributed by atoms with van der Waals surface area (Å²) in [6, 6.07) is 6.33. The Morgan fingerprint density at radius 1 is 1.02 bits per heavy atom. The highest BCUT2D eigenvalue weighted by Gasteiger charge is 2.60. The molecule has 0 heterocycles. The monoisotopic (exact) mass is 581 g/mol. The van der Waals surface area contributed by atoms with E-state index >= 15 is 0 Å². The van der Waals surface area contributed by atoms with Crippen LogP contribution in [-0.4, -0.2) is 75.1 Å². The zero-order chi connectivity index (χ0) is 30.8. The fourth-order valence-electron chi connectivity index (χ4n) is 6.45. The van der Waals surface area contributed by atoms with Crippen LogP contribution in [0.1, 0.15) is 24.0 Å². The fourth-order valence-corrected chi connectivity index (χ4v) is 6.45. The minimum absolute atomic E-state index is 0.0210. The SMILES string of the molecule is CC1c2ccc(NC(=O)Oc3ccc(F)cc3)c(O)c2C(O)=C2C(=O)C3C(=O)C(C(N)=O)=C(O)[C@@H](N(C)C)C3C(O)C21. The summed E-state index contributed by atoms with van der Waals surface area (Å²) in [6.07, 6.45) is -2.49. The van der Waals surface area contributed by atoms with Crippen molar-refractivity contribution in [2.24, 2.45) is 23.5 Å². The van der Waals surface area contributed by atoms with E-state index in [1.807, 2.05) is 0 Å². The minimum Gasteiger partial charge on any atom is -0.510 e. The number of hydrogen-bond donors (Lipinski definition) is 6. The van der Waals surface area contributed by atoms with E-state index in [1.54, 1.807) is 21.0 Å². The molecule has 42 heavy (non-hydrogen) atoms. The molecule has 6 atom stereocenters. The molecule has 0 spiro atoms. The molecule has 0 aliphatic heterocycles. The molecule has 5 rings (SSSR count). The van der Waals surface area contributed by atoms with Crippen LogP contribution in [-0.2, 0) is 14.4 Å². The predicted octanol–water partition coefficient (Wildman–Crippen LogP) is 2.13. The van der Waals surface area contributed by atoms with Crippen LogP contribution < -0.4 is 15.8 Å². The van der Waals surface area contributed by atoms with Gasteiger partial charge in [0, 0.05) is 17.4 Å². The van der Waals surface area contributed by atoms with E-state index in [1.165, 1.54) is 29.2 Å². The molecule has 3 aliphatic rings. The molecule has 0 aromatic heterocycles. The standard InChI is InChI=1S/C29H28FN3O9/c1-10-13-8-9-14(32-29(41)42-12-6-4-11(30)5-7-12)22(34)16(13)24(36)18-15(10)23(35)17-19(25(18)37)26(38)20(28(31)40)27(39)21(17)33(2)3/h4-10,15,17,19,21,23,34-36,39H,1-3H3,(H2,31,40)(H,32,41)/t10?,15?,17?,19?,21-,23?/m0/s1. The maximum Gasteiger partial charge on any atom is 0.417 e. The highest BCUT2D eigenvalue weighted by Crippen LogP contribution is 2.55.